The number of aromatic nitrogens is 2. The highest BCUT2D eigenvalue weighted by Crippen LogP contribution is 2.25. The summed E-state index contributed by atoms with van der Waals surface area (Å²) in [6.07, 6.45) is 1.80. The van der Waals surface area contributed by atoms with Crippen molar-refractivity contribution in [3.05, 3.63) is 71.4 Å². The van der Waals surface area contributed by atoms with Gasteiger partial charge < -0.3 is 5.32 Å². The molecule has 1 aromatic heterocycles. The van der Waals surface area contributed by atoms with E-state index in [0.717, 1.165) is 29.0 Å². The number of nitrogens with one attached hydrogen (secondary N) is 1. The Labute approximate surface area is 138 Å². The Bertz CT molecular complexity index is 888. The smallest absolute Gasteiger partial charge is 0.150 e. The summed E-state index contributed by atoms with van der Waals surface area (Å²) in [6, 6.07) is 13.3. The van der Waals surface area contributed by atoms with Crippen molar-refractivity contribution in [2.24, 2.45) is 7.05 Å². The van der Waals surface area contributed by atoms with E-state index < -0.39 is 11.6 Å². The Kier molecular flexibility index (Phi) is 4.25. The van der Waals surface area contributed by atoms with Crippen molar-refractivity contribution >= 4 is 5.69 Å². The number of halogens is 2. The number of hydrogen-bond acceptors (Lipinski definition) is 3. The fraction of sp³-hybridized carbons (Fsp3) is 0.111. The molecule has 1 heterocycles. The van der Waals surface area contributed by atoms with Gasteiger partial charge in [-0.1, -0.05) is 30.3 Å². The molecular weight excluding hydrogens is 310 g/mol. The first-order chi connectivity index (χ1) is 11.6. The number of benzene rings is 2. The normalized spacial score (nSPS) is 10.4. The molecule has 24 heavy (non-hydrogen) atoms. The minimum atomic E-state index is -0.795. The molecule has 0 fully saturated rings. The van der Waals surface area contributed by atoms with Gasteiger partial charge in [-0.25, -0.2) is 8.78 Å². The van der Waals surface area contributed by atoms with Crippen LogP contribution in [-0.4, -0.2) is 9.78 Å². The lowest BCUT2D eigenvalue weighted by Gasteiger charge is -2.09. The van der Waals surface area contributed by atoms with E-state index in [2.05, 4.69) is 10.4 Å². The maximum atomic E-state index is 14.0. The number of nitriles is 1. The van der Waals surface area contributed by atoms with Crippen molar-refractivity contribution in [3.63, 3.8) is 0 Å². The molecule has 0 atom stereocenters. The predicted octanol–water partition coefficient (Wildman–Crippen LogP) is 3.85. The predicted molar refractivity (Wildman–Crippen MR) is 87.0 cm³/mol. The van der Waals surface area contributed by atoms with Crippen molar-refractivity contribution in [3.8, 4) is 17.3 Å². The molecule has 0 saturated carbocycles. The molecule has 0 unspecified atom stereocenters. The lowest BCUT2D eigenvalue weighted by molar-refractivity contribution is 0.587. The first-order valence-electron chi connectivity index (χ1n) is 7.29. The lowest BCUT2D eigenvalue weighted by atomic mass is 10.1. The SMILES string of the molecule is Cn1cc(CNc2c(F)cc(C#N)cc2F)c(-c2ccccc2)n1. The fourth-order valence-corrected chi connectivity index (χ4v) is 2.50. The third-order valence-electron chi connectivity index (χ3n) is 3.58. The van der Waals surface area contributed by atoms with Crippen molar-refractivity contribution in [1.29, 1.82) is 5.26 Å². The summed E-state index contributed by atoms with van der Waals surface area (Å²) >= 11 is 0. The zero-order chi connectivity index (χ0) is 17.1. The van der Waals surface area contributed by atoms with E-state index in [9.17, 15) is 8.78 Å². The quantitative estimate of drug-likeness (QED) is 0.793. The average Bonchev–Trinajstić information content (AvgIpc) is 2.95. The van der Waals surface area contributed by atoms with Crippen LogP contribution >= 0.6 is 0 Å². The maximum absolute atomic E-state index is 14.0. The van der Waals surface area contributed by atoms with Crippen LogP contribution in [-0.2, 0) is 13.6 Å². The molecule has 0 saturated heterocycles. The monoisotopic (exact) mass is 324 g/mol. The first kappa shape index (κ1) is 15.7. The standard InChI is InChI=1S/C18H14F2N4/c1-24-11-14(17(23-24)13-5-3-2-4-6-13)10-22-18-15(19)7-12(9-21)8-16(18)20/h2-8,11,22H,10H2,1H3. The Morgan fingerprint density at radius 3 is 2.46 bits per heavy atom. The zero-order valence-electron chi connectivity index (χ0n) is 12.9. The average molecular weight is 324 g/mol. The van der Waals surface area contributed by atoms with Crippen LogP contribution in [0.25, 0.3) is 11.3 Å². The molecule has 0 radical (unpaired) electrons. The number of nitrogens with zero attached hydrogens (tertiary/aromatic N) is 3. The van der Waals surface area contributed by atoms with Gasteiger partial charge in [-0.15, -0.1) is 0 Å². The molecule has 120 valence electrons. The van der Waals surface area contributed by atoms with Gasteiger partial charge in [-0.05, 0) is 12.1 Å². The minimum Gasteiger partial charge on any atom is -0.376 e. The van der Waals surface area contributed by atoms with Gasteiger partial charge in [0.25, 0.3) is 0 Å². The highest BCUT2D eigenvalue weighted by atomic mass is 19.1. The molecule has 0 spiro atoms. The molecule has 2 aromatic carbocycles. The van der Waals surface area contributed by atoms with E-state index in [1.807, 2.05) is 30.3 Å². The lowest BCUT2D eigenvalue weighted by Crippen LogP contribution is -2.05. The molecule has 4 nitrogen and oxygen atoms in total. The van der Waals surface area contributed by atoms with Crippen LogP contribution in [0.5, 0.6) is 0 Å². The van der Waals surface area contributed by atoms with Crippen molar-refractivity contribution in [2.75, 3.05) is 5.32 Å². The summed E-state index contributed by atoms with van der Waals surface area (Å²) in [7, 11) is 1.79. The van der Waals surface area contributed by atoms with E-state index in [4.69, 9.17) is 5.26 Å². The van der Waals surface area contributed by atoms with E-state index in [-0.39, 0.29) is 17.8 Å². The van der Waals surface area contributed by atoms with Crippen LogP contribution in [0.4, 0.5) is 14.5 Å². The number of aryl methyl sites for hydroxylation is 1. The molecule has 6 heteroatoms. The second-order valence-corrected chi connectivity index (χ2v) is 5.32. The van der Waals surface area contributed by atoms with Crippen LogP contribution in [0.2, 0.25) is 0 Å². The number of rotatable bonds is 4. The summed E-state index contributed by atoms with van der Waals surface area (Å²) in [6.45, 7) is 0.206. The Morgan fingerprint density at radius 2 is 1.83 bits per heavy atom. The second-order valence-electron chi connectivity index (χ2n) is 5.32. The molecule has 0 bridgehead atoms. The Balaban J connectivity index is 1.88. The van der Waals surface area contributed by atoms with Gasteiger partial charge in [0.05, 0.1) is 17.3 Å². The number of hydrogen-bond donors (Lipinski definition) is 1. The summed E-state index contributed by atoms with van der Waals surface area (Å²) in [4.78, 5) is 0. The maximum Gasteiger partial charge on any atom is 0.150 e. The summed E-state index contributed by atoms with van der Waals surface area (Å²) < 4.78 is 29.6. The minimum absolute atomic E-state index is 0.0538. The summed E-state index contributed by atoms with van der Waals surface area (Å²) in [5.41, 5.74) is 2.18. The van der Waals surface area contributed by atoms with E-state index >= 15 is 0 Å². The Morgan fingerprint density at radius 1 is 1.17 bits per heavy atom. The van der Waals surface area contributed by atoms with E-state index in [1.54, 1.807) is 24.0 Å². The van der Waals surface area contributed by atoms with Crippen LogP contribution in [0.15, 0.2) is 48.7 Å². The molecule has 3 rings (SSSR count). The van der Waals surface area contributed by atoms with Crippen LogP contribution in [0.1, 0.15) is 11.1 Å². The van der Waals surface area contributed by atoms with Crippen LogP contribution in [0, 0.1) is 23.0 Å². The fourth-order valence-electron chi connectivity index (χ4n) is 2.50. The summed E-state index contributed by atoms with van der Waals surface area (Å²) in [5, 5.41) is 15.9. The highest BCUT2D eigenvalue weighted by molar-refractivity contribution is 5.63. The van der Waals surface area contributed by atoms with E-state index in [1.165, 1.54) is 0 Å². The molecule has 3 aromatic rings. The van der Waals surface area contributed by atoms with Crippen LogP contribution in [0.3, 0.4) is 0 Å². The molecule has 0 aliphatic heterocycles. The van der Waals surface area contributed by atoms with Crippen molar-refractivity contribution < 1.29 is 8.78 Å². The topological polar surface area (TPSA) is 53.6 Å². The third-order valence-corrected chi connectivity index (χ3v) is 3.58. The largest absolute Gasteiger partial charge is 0.376 e. The van der Waals surface area contributed by atoms with Gasteiger partial charge in [0.1, 0.15) is 5.69 Å². The van der Waals surface area contributed by atoms with Gasteiger partial charge >= 0.3 is 0 Å². The van der Waals surface area contributed by atoms with Gasteiger partial charge in [-0.3, -0.25) is 4.68 Å². The first-order valence-corrected chi connectivity index (χ1v) is 7.29. The van der Waals surface area contributed by atoms with Gasteiger partial charge in [0.15, 0.2) is 11.6 Å². The van der Waals surface area contributed by atoms with Gasteiger partial charge in [-0.2, -0.15) is 10.4 Å². The molecule has 1 N–H and O–H groups in total. The Hall–Kier alpha value is -3.20. The zero-order valence-corrected chi connectivity index (χ0v) is 12.9. The molecule has 0 amide bonds. The molecule has 0 aliphatic carbocycles. The van der Waals surface area contributed by atoms with Gasteiger partial charge in [0.2, 0.25) is 0 Å². The van der Waals surface area contributed by atoms with E-state index in [0.29, 0.717) is 0 Å². The van der Waals surface area contributed by atoms with Crippen LogP contribution < -0.4 is 5.32 Å². The molecule has 0 aliphatic rings. The number of anilines is 1. The second kappa shape index (κ2) is 6.50. The van der Waals surface area contributed by atoms with Crippen molar-refractivity contribution in [1.82, 2.24) is 9.78 Å². The third kappa shape index (κ3) is 3.10. The highest BCUT2D eigenvalue weighted by Gasteiger charge is 2.14. The summed E-state index contributed by atoms with van der Waals surface area (Å²) in [5.74, 6) is -1.59. The van der Waals surface area contributed by atoms with Gasteiger partial charge in [0, 0.05) is 30.9 Å². The molecular formula is C18H14F2N4. The van der Waals surface area contributed by atoms with Crippen molar-refractivity contribution in [2.45, 2.75) is 6.54 Å².